The van der Waals surface area contributed by atoms with Crippen LogP contribution in [0.25, 0.3) is 10.2 Å². The van der Waals surface area contributed by atoms with E-state index in [0.717, 1.165) is 27.3 Å². The number of urea groups is 1. The molecule has 1 aromatic carbocycles. The maximum Gasteiger partial charge on any atom is 0.321 e. The number of rotatable bonds is 10. The van der Waals surface area contributed by atoms with Crippen LogP contribution in [0.1, 0.15) is 24.6 Å². The minimum atomic E-state index is -0.993. The number of nitrogens with zero attached hydrogens (tertiary/aromatic N) is 4. The first-order valence-electron chi connectivity index (χ1n) is 12.2. The summed E-state index contributed by atoms with van der Waals surface area (Å²) in [5.74, 6) is 0.660. The Bertz CT molecular complexity index is 1240. The molecule has 3 N–H and O–H groups in total. The van der Waals surface area contributed by atoms with Crippen molar-refractivity contribution in [2.75, 3.05) is 49.5 Å². The van der Waals surface area contributed by atoms with Crippen LogP contribution in [0.5, 0.6) is 5.75 Å². The number of para-hydroxylation sites is 1. The fraction of sp³-hybridized carbons (Fsp3) is 0.400. The molecule has 0 saturated carbocycles. The molecule has 1 aliphatic rings. The Labute approximate surface area is 218 Å². The van der Waals surface area contributed by atoms with Gasteiger partial charge in [-0.1, -0.05) is 25.1 Å². The zero-order chi connectivity index (χ0) is 26.2. The molecular weight excluding hydrogens is 496 g/mol. The summed E-state index contributed by atoms with van der Waals surface area (Å²) >= 11 is 1.55. The van der Waals surface area contributed by atoms with Gasteiger partial charge < -0.3 is 25.0 Å². The highest BCUT2D eigenvalue weighted by molar-refractivity contribution is 7.18. The number of anilines is 2. The Hall–Kier alpha value is -3.93. The number of hydrogen-bond donors (Lipinski definition) is 3. The van der Waals surface area contributed by atoms with E-state index in [1.165, 1.54) is 0 Å². The summed E-state index contributed by atoms with van der Waals surface area (Å²) < 4.78 is 5.66. The van der Waals surface area contributed by atoms with E-state index >= 15 is 0 Å². The number of carbonyl (C=O) groups is 3. The number of ether oxygens (including phenoxy) is 1. The van der Waals surface area contributed by atoms with Crippen LogP contribution in [0.4, 0.5) is 16.6 Å². The molecule has 4 rings (SSSR count). The first-order valence-corrected chi connectivity index (χ1v) is 13.0. The molecular formula is C25H30N6O5S. The molecule has 0 spiro atoms. The summed E-state index contributed by atoms with van der Waals surface area (Å²) in [6.07, 6.45) is 0.985. The minimum absolute atomic E-state index is 0.00162. The molecule has 0 radical (unpaired) electrons. The van der Waals surface area contributed by atoms with E-state index in [9.17, 15) is 14.4 Å². The Kier molecular flexibility index (Phi) is 8.72. The summed E-state index contributed by atoms with van der Waals surface area (Å²) in [5.41, 5.74) is 0. The number of aliphatic carboxylic acids is 1. The molecule has 12 heteroatoms. The fourth-order valence-corrected chi connectivity index (χ4v) is 4.92. The lowest BCUT2D eigenvalue weighted by Crippen LogP contribution is -2.49. The van der Waals surface area contributed by atoms with Crippen LogP contribution < -0.4 is 20.3 Å². The summed E-state index contributed by atoms with van der Waals surface area (Å²) in [5, 5.41) is 14.8. The van der Waals surface area contributed by atoms with Crippen molar-refractivity contribution in [3.05, 3.63) is 41.3 Å². The monoisotopic (exact) mass is 526 g/mol. The molecule has 11 nitrogen and oxygen atoms in total. The third-order valence-electron chi connectivity index (χ3n) is 5.88. The van der Waals surface area contributed by atoms with Crippen molar-refractivity contribution in [1.82, 2.24) is 20.2 Å². The second kappa shape index (κ2) is 12.3. The highest BCUT2D eigenvalue weighted by atomic mass is 32.1. The molecule has 1 saturated heterocycles. The van der Waals surface area contributed by atoms with Gasteiger partial charge in [-0.05, 0) is 24.6 Å². The number of carbonyl (C=O) groups excluding carboxylic acids is 2. The van der Waals surface area contributed by atoms with Gasteiger partial charge in [0.15, 0.2) is 0 Å². The number of piperazine rings is 1. The molecule has 0 bridgehead atoms. The number of carboxylic acid groups (broad SMARTS) is 1. The standard InChI is InChI=1S/C25H30N6O5S/c1-2-18-16-19-22(27-24(28-23(19)37-18)29-25(35)26-10-8-21(33)34)31-13-11-30(12-14-31)20(32)9-15-36-17-6-4-3-5-7-17/h3-7,16H,2,8-15H2,1H3,(H,33,34)(H2,26,27,28,29,35). The van der Waals surface area contributed by atoms with Gasteiger partial charge >= 0.3 is 12.0 Å². The van der Waals surface area contributed by atoms with Crippen molar-refractivity contribution >= 4 is 51.2 Å². The topological polar surface area (TPSA) is 137 Å². The number of fused-ring (bicyclic) bond motifs is 1. The van der Waals surface area contributed by atoms with Gasteiger partial charge in [0.25, 0.3) is 0 Å². The lowest BCUT2D eigenvalue weighted by molar-refractivity contribution is -0.137. The number of aromatic nitrogens is 2. The number of aryl methyl sites for hydroxylation is 1. The Balaban J connectivity index is 1.39. The van der Waals surface area contributed by atoms with Crippen LogP contribution in [-0.4, -0.2) is 77.2 Å². The van der Waals surface area contributed by atoms with Gasteiger partial charge in [-0.25, -0.2) is 9.78 Å². The molecule has 2 aromatic heterocycles. The van der Waals surface area contributed by atoms with Crippen LogP contribution >= 0.6 is 11.3 Å². The van der Waals surface area contributed by atoms with Crippen LogP contribution in [0.2, 0.25) is 0 Å². The van der Waals surface area contributed by atoms with Crippen molar-refractivity contribution in [3.8, 4) is 5.75 Å². The van der Waals surface area contributed by atoms with Crippen molar-refractivity contribution < 1.29 is 24.2 Å². The number of thiophene rings is 1. The number of hydrogen-bond acceptors (Lipinski definition) is 8. The average Bonchev–Trinajstić information content (AvgIpc) is 3.32. The normalized spacial score (nSPS) is 13.4. The molecule has 3 amide bonds. The van der Waals surface area contributed by atoms with Gasteiger partial charge in [0.2, 0.25) is 11.9 Å². The van der Waals surface area contributed by atoms with E-state index in [1.807, 2.05) is 35.2 Å². The molecule has 1 fully saturated rings. The second-order valence-corrected chi connectivity index (χ2v) is 9.58. The zero-order valence-corrected chi connectivity index (χ0v) is 21.4. The molecule has 1 aliphatic heterocycles. The molecule has 0 aliphatic carbocycles. The van der Waals surface area contributed by atoms with Gasteiger partial charge in [-0.2, -0.15) is 4.98 Å². The second-order valence-electron chi connectivity index (χ2n) is 8.46. The van der Waals surface area contributed by atoms with Gasteiger partial charge in [-0.15, -0.1) is 11.3 Å². The van der Waals surface area contributed by atoms with Crippen LogP contribution in [-0.2, 0) is 16.0 Å². The molecule has 0 unspecified atom stereocenters. The van der Waals surface area contributed by atoms with Crippen LogP contribution in [0, 0.1) is 0 Å². The fourth-order valence-electron chi connectivity index (χ4n) is 3.95. The predicted octanol–water partition coefficient (Wildman–Crippen LogP) is 2.97. The lowest BCUT2D eigenvalue weighted by Gasteiger charge is -2.35. The third-order valence-corrected chi connectivity index (χ3v) is 7.05. The van der Waals surface area contributed by atoms with Crippen LogP contribution in [0.3, 0.4) is 0 Å². The first-order chi connectivity index (χ1) is 17.9. The maximum absolute atomic E-state index is 12.7. The largest absolute Gasteiger partial charge is 0.493 e. The Morgan fingerprint density at radius 3 is 2.54 bits per heavy atom. The summed E-state index contributed by atoms with van der Waals surface area (Å²) in [7, 11) is 0. The van der Waals surface area contributed by atoms with Gasteiger partial charge in [0, 0.05) is 37.6 Å². The van der Waals surface area contributed by atoms with Crippen LogP contribution in [0.15, 0.2) is 36.4 Å². The van der Waals surface area contributed by atoms with Crippen molar-refractivity contribution in [2.24, 2.45) is 0 Å². The SMILES string of the molecule is CCc1cc2c(N3CCN(C(=O)CCOc4ccccc4)CC3)nc(NC(=O)NCCC(=O)O)nc2s1. The predicted molar refractivity (Wildman–Crippen MR) is 141 cm³/mol. The smallest absolute Gasteiger partial charge is 0.321 e. The molecule has 3 heterocycles. The number of benzene rings is 1. The van der Waals surface area contributed by atoms with E-state index in [2.05, 4.69) is 38.5 Å². The minimum Gasteiger partial charge on any atom is -0.493 e. The summed E-state index contributed by atoms with van der Waals surface area (Å²) in [4.78, 5) is 50.6. The van der Waals surface area contributed by atoms with E-state index in [-0.39, 0.29) is 24.8 Å². The summed E-state index contributed by atoms with van der Waals surface area (Å²) in [6.45, 7) is 4.70. The number of nitrogens with one attached hydrogen (secondary N) is 2. The average molecular weight is 527 g/mol. The molecule has 196 valence electrons. The van der Waals surface area contributed by atoms with E-state index in [0.29, 0.717) is 45.0 Å². The number of amides is 3. The van der Waals surface area contributed by atoms with Gasteiger partial charge in [0.1, 0.15) is 16.4 Å². The van der Waals surface area contributed by atoms with Gasteiger partial charge in [-0.3, -0.25) is 14.9 Å². The summed E-state index contributed by atoms with van der Waals surface area (Å²) in [6, 6.07) is 10.9. The van der Waals surface area contributed by atoms with E-state index < -0.39 is 12.0 Å². The van der Waals surface area contributed by atoms with E-state index in [1.54, 1.807) is 11.3 Å². The van der Waals surface area contributed by atoms with Crippen molar-refractivity contribution in [3.63, 3.8) is 0 Å². The van der Waals surface area contributed by atoms with Crippen molar-refractivity contribution in [1.29, 1.82) is 0 Å². The number of carboxylic acids is 1. The highest BCUT2D eigenvalue weighted by Crippen LogP contribution is 2.33. The van der Waals surface area contributed by atoms with E-state index in [4.69, 9.17) is 9.84 Å². The lowest BCUT2D eigenvalue weighted by atomic mass is 10.2. The Morgan fingerprint density at radius 2 is 1.84 bits per heavy atom. The van der Waals surface area contributed by atoms with Crippen molar-refractivity contribution in [2.45, 2.75) is 26.2 Å². The molecule has 0 atom stereocenters. The quantitative estimate of drug-likeness (QED) is 0.367. The highest BCUT2D eigenvalue weighted by Gasteiger charge is 2.25. The molecule has 37 heavy (non-hydrogen) atoms. The van der Waals surface area contributed by atoms with Gasteiger partial charge in [0.05, 0.1) is 24.8 Å². The molecule has 3 aromatic rings. The first kappa shape index (κ1) is 26.1. The zero-order valence-electron chi connectivity index (χ0n) is 20.6. The Morgan fingerprint density at radius 1 is 1.08 bits per heavy atom. The third kappa shape index (κ3) is 7.06. The maximum atomic E-state index is 12.7.